The van der Waals surface area contributed by atoms with E-state index in [9.17, 15) is 9.59 Å². The Morgan fingerprint density at radius 3 is 2.19 bits per heavy atom. The summed E-state index contributed by atoms with van der Waals surface area (Å²) in [5.41, 5.74) is 1.35. The van der Waals surface area contributed by atoms with Gasteiger partial charge in [-0.25, -0.2) is 4.68 Å². The molecule has 0 radical (unpaired) electrons. The number of ether oxygens (including phenoxy) is 3. The summed E-state index contributed by atoms with van der Waals surface area (Å²) in [5, 5.41) is 5.73. The van der Waals surface area contributed by atoms with Crippen LogP contribution >= 0.6 is 0 Å². The third-order valence-electron chi connectivity index (χ3n) is 5.23. The molecule has 0 atom stereocenters. The molecule has 0 unspecified atom stereocenters. The molecule has 0 fully saturated rings. The van der Waals surface area contributed by atoms with Crippen LogP contribution in [0.4, 0.5) is 0 Å². The number of carbonyl (C=O) groups excluding carboxylic acids is 1. The maximum absolute atomic E-state index is 13.1. The molecule has 3 aromatic carbocycles. The van der Waals surface area contributed by atoms with Crippen molar-refractivity contribution in [2.45, 2.75) is 6.54 Å². The standard InChI is InChI=1S/C25H22N2O5/c1-30-21-11-7-6-10-19(21)20(28)15-27-25(29)18-9-5-4-8-17(18)24(26-27)16-12-13-22(31-2)23(14-16)32-3/h4-14H,15H2,1-3H3. The number of carbonyl (C=O) groups is 1. The zero-order valence-electron chi connectivity index (χ0n) is 18.0. The normalized spacial score (nSPS) is 10.7. The van der Waals surface area contributed by atoms with E-state index in [1.807, 2.05) is 18.2 Å². The number of rotatable bonds is 7. The molecule has 1 aromatic heterocycles. The Balaban J connectivity index is 1.86. The fourth-order valence-corrected chi connectivity index (χ4v) is 3.64. The molecule has 7 nitrogen and oxygen atoms in total. The van der Waals surface area contributed by atoms with Gasteiger partial charge in [0, 0.05) is 10.9 Å². The first kappa shape index (κ1) is 21.1. The molecule has 0 bridgehead atoms. The number of para-hydroxylation sites is 1. The van der Waals surface area contributed by atoms with Crippen LogP contribution in [0.3, 0.4) is 0 Å². The molecule has 0 saturated carbocycles. The second kappa shape index (κ2) is 8.93. The number of ketones is 1. The minimum Gasteiger partial charge on any atom is -0.496 e. The van der Waals surface area contributed by atoms with Crippen LogP contribution in [0, 0.1) is 0 Å². The van der Waals surface area contributed by atoms with Crippen molar-refractivity contribution in [1.82, 2.24) is 9.78 Å². The number of aromatic nitrogens is 2. The molecule has 162 valence electrons. The van der Waals surface area contributed by atoms with Crippen LogP contribution in [0.5, 0.6) is 17.2 Å². The molecule has 0 aliphatic rings. The van der Waals surface area contributed by atoms with Gasteiger partial charge >= 0.3 is 0 Å². The van der Waals surface area contributed by atoms with Crippen LogP contribution < -0.4 is 19.8 Å². The lowest BCUT2D eigenvalue weighted by Crippen LogP contribution is -2.27. The Labute approximate surface area is 184 Å². The Morgan fingerprint density at radius 1 is 0.812 bits per heavy atom. The average Bonchev–Trinajstić information content (AvgIpc) is 2.85. The van der Waals surface area contributed by atoms with Crippen LogP contribution in [-0.4, -0.2) is 36.9 Å². The lowest BCUT2D eigenvalue weighted by molar-refractivity contribution is 0.0963. The molecule has 0 aliphatic heterocycles. The first-order valence-electron chi connectivity index (χ1n) is 9.96. The quantitative estimate of drug-likeness (QED) is 0.413. The van der Waals surface area contributed by atoms with E-state index < -0.39 is 0 Å². The van der Waals surface area contributed by atoms with Crippen molar-refractivity contribution in [2.24, 2.45) is 0 Å². The number of Topliss-reactive ketones (excluding diaryl/α,β-unsaturated/α-hetero) is 1. The number of methoxy groups -OCH3 is 3. The Morgan fingerprint density at radius 2 is 1.47 bits per heavy atom. The highest BCUT2D eigenvalue weighted by atomic mass is 16.5. The van der Waals surface area contributed by atoms with Crippen LogP contribution in [0.2, 0.25) is 0 Å². The largest absolute Gasteiger partial charge is 0.496 e. The summed E-state index contributed by atoms with van der Waals surface area (Å²) in [6, 6.07) is 19.5. The summed E-state index contributed by atoms with van der Waals surface area (Å²) in [6.45, 7) is -0.218. The van der Waals surface area contributed by atoms with Crippen molar-refractivity contribution in [2.75, 3.05) is 21.3 Å². The molecule has 1 heterocycles. The smallest absolute Gasteiger partial charge is 0.275 e. The third-order valence-corrected chi connectivity index (χ3v) is 5.23. The van der Waals surface area contributed by atoms with Gasteiger partial charge in [-0.05, 0) is 36.4 Å². The third kappa shape index (κ3) is 3.80. The SMILES string of the molecule is COc1ccc(-c2nn(CC(=O)c3ccccc3OC)c(=O)c3ccccc23)cc1OC. The predicted molar refractivity (Wildman–Crippen MR) is 122 cm³/mol. The monoisotopic (exact) mass is 430 g/mol. The van der Waals surface area contributed by atoms with E-state index in [0.29, 0.717) is 39.3 Å². The highest BCUT2D eigenvalue weighted by molar-refractivity contribution is 5.99. The van der Waals surface area contributed by atoms with Gasteiger partial charge in [0.15, 0.2) is 17.3 Å². The Kier molecular flexibility index (Phi) is 5.89. The van der Waals surface area contributed by atoms with Crippen molar-refractivity contribution < 1.29 is 19.0 Å². The maximum Gasteiger partial charge on any atom is 0.275 e. The van der Waals surface area contributed by atoms with Gasteiger partial charge in [-0.15, -0.1) is 0 Å². The first-order valence-corrected chi connectivity index (χ1v) is 9.96. The molecule has 0 N–H and O–H groups in total. The molecule has 0 aliphatic carbocycles. The van der Waals surface area contributed by atoms with Gasteiger partial charge < -0.3 is 14.2 Å². The van der Waals surface area contributed by atoms with Gasteiger partial charge in [-0.3, -0.25) is 9.59 Å². The average molecular weight is 430 g/mol. The highest BCUT2D eigenvalue weighted by Crippen LogP contribution is 2.33. The lowest BCUT2D eigenvalue weighted by Gasteiger charge is -2.13. The van der Waals surface area contributed by atoms with E-state index >= 15 is 0 Å². The van der Waals surface area contributed by atoms with Crippen molar-refractivity contribution in [3.8, 4) is 28.5 Å². The van der Waals surface area contributed by atoms with Crippen LogP contribution in [-0.2, 0) is 6.54 Å². The fourth-order valence-electron chi connectivity index (χ4n) is 3.64. The van der Waals surface area contributed by atoms with Crippen molar-refractivity contribution in [1.29, 1.82) is 0 Å². The van der Waals surface area contributed by atoms with Crippen molar-refractivity contribution in [3.63, 3.8) is 0 Å². The number of benzene rings is 3. The summed E-state index contributed by atoms with van der Waals surface area (Å²) in [4.78, 5) is 26.1. The number of hydrogen-bond donors (Lipinski definition) is 0. The highest BCUT2D eigenvalue weighted by Gasteiger charge is 2.18. The molecule has 0 saturated heterocycles. The van der Waals surface area contributed by atoms with Gasteiger partial charge in [-0.2, -0.15) is 5.10 Å². The summed E-state index contributed by atoms with van der Waals surface area (Å²) >= 11 is 0. The van der Waals surface area contributed by atoms with Crippen LogP contribution in [0.25, 0.3) is 22.0 Å². The molecule has 32 heavy (non-hydrogen) atoms. The molecule has 0 amide bonds. The minimum absolute atomic E-state index is 0.218. The van der Waals surface area contributed by atoms with E-state index in [1.165, 1.54) is 11.8 Å². The molecule has 0 spiro atoms. The second-order valence-electron chi connectivity index (χ2n) is 7.05. The molecule has 4 rings (SSSR count). The molecule has 7 heteroatoms. The van der Waals surface area contributed by atoms with Gasteiger partial charge in [0.2, 0.25) is 0 Å². The summed E-state index contributed by atoms with van der Waals surface area (Å²) in [7, 11) is 4.62. The summed E-state index contributed by atoms with van der Waals surface area (Å²) in [5.74, 6) is 1.30. The van der Waals surface area contributed by atoms with Gasteiger partial charge in [0.05, 0.1) is 38.0 Å². The van der Waals surface area contributed by atoms with Crippen LogP contribution in [0.15, 0.2) is 71.5 Å². The molecular weight excluding hydrogens is 408 g/mol. The summed E-state index contributed by atoms with van der Waals surface area (Å²) < 4.78 is 17.2. The van der Waals surface area contributed by atoms with E-state index in [0.717, 1.165) is 5.56 Å². The van der Waals surface area contributed by atoms with Crippen LogP contribution in [0.1, 0.15) is 10.4 Å². The first-order chi connectivity index (χ1) is 15.6. The Hall–Kier alpha value is -4.13. The van der Waals surface area contributed by atoms with Gasteiger partial charge in [0.1, 0.15) is 12.3 Å². The topological polar surface area (TPSA) is 79.7 Å². The number of nitrogens with zero attached hydrogens (tertiary/aromatic N) is 2. The van der Waals surface area contributed by atoms with Gasteiger partial charge in [0.25, 0.3) is 5.56 Å². The van der Waals surface area contributed by atoms with E-state index in [-0.39, 0.29) is 17.9 Å². The van der Waals surface area contributed by atoms with Gasteiger partial charge in [-0.1, -0.05) is 30.3 Å². The van der Waals surface area contributed by atoms with E-state index in [1.54, 1.807) is 62.8 Å². The number of hydrogen-bond acceptors (Lipinski definition) is 6. The molecular formula is C25H22N2O5. The molecule has 4 aromatic rings. The predicted octanol–water partition coefficient (Wildman–Crippen LogP) is 3.97. The number of fused-ring (bicyclic) bond motifs is 1. The van der Waals surface area contributed by atoms with E-state index in [4.69, 9.17) is 14.2 Å². The van der Waals surface area contributed by atoms with Crippen molar-refractivity contribution >= 4 is 16.6 Å². The van der Waals surface area contributed by atoms with Crippen molar-refractivity contribution in [3.05, 3.63) is 82.6 Å². The van der Waals surface area contributed by atoms with E-state index in [2.05, 4.69) is 5.10 Å². The fraction of sp³-hybridized carbons (Fsp3) is 0.160. The lowest BCUT2D eigenvalue weighted by atomic mass is 10.0. The summed E-state index contributed by atoms with van der Waals surface area (Å²) in [6.07, 6.45) is 0. The zero-order chi connectivity index (χ0) is 22.7. The Bertz CT molecular complexity index is 1360. The zero-order valence-corrected chi connectivity index (χ0v) is 18.0. The second-order valence-corrected chi connectivity index (χ2v) is 7.05. The maximum atomic E-state index is 13.1. The minimum atomic E-state index is -0.340.